The van der Waals surface area contributed by atoms with Crippen LogP contribution in [0.5, 0.6) is 11.5 Å². The van der Waals surface area contributed by atoms with Crippen LogP contribution in [-0.4, -0.2) is 33.0 Å². The molecule has 2 aliphatic rings. The van der Waals surface area contributed by atoms with E-state index < -0.39 is 11.8 Å². The Morgan fingerprint density at radius 3 is 2.53 bits per heavy atom. The van der Waals surface area contributed by atoms with Crippen molar-refractivity contribution in [1.29, 1.82) is 0 Å². The van der Waals surface area contributed by atoms with Crippen molar-refractivity contribution in [3.63, 3.8) is 0 Å². The number of hydrogen-bond acceptors (Lipinski definition) is 8. The molecule has 4 aromatic rings. The Morgan fingerprint density at radius 2 is 1.71 bits per heavy atom. The molecule has 0 bridgehead atoms. The number of fused-ring (bicyclic) bond motifs is 2. The van der Waals surface area contributed by atoms with Crippen LogP contribution in [-0.2, 0) is 21.7 Å². The van der Waals surface area contributed by atoms with E-state index in [-0.39, 0.29) is 0 Å². The number of aliphatic hydroxyl groups is 1. The zero-order chi connectivity index (χ0) is 23.3. The highest BCUT2D eigenvalue weighted by molar-refractivity contribution is 7.00. The van der Waals surface area contributed by atoms with Crippen LogP contribution in [0.4, 0.5) is 0 Å². The molecular formula is C26H20N2O5S. The van der Waals surface area contributed by atoms with Gasteiger partial charge in [-0.3, -0.25) is 0 Å². The van der Waals surface area contributed by atoms with Crippen molar-refractivity contribution in [3.8, 4) is 11.5 Å². The lowest BCUT2D eigenvalue weighted by Crippen LogP contribution is -2.30. The topological polar surface area (TPSA) is 90.8 Å². The number of carbonyl (C=O) groups excluding carboxylic acids is 1. The smallest absolute Gasteiger partial charge is 0.342 e. The zero-order valence-corrected chi connectivity index (χ0v) is 19.1. The molecule has 1 N–H and O–H groups in total. The van der Waals surface area contributed by atoms with E-state index in [4.69, 9.17) is 14.2 Å². The molecule has 6 rings (SSSR count). The average molecular weight is 473 g/mol. The normalized spacial score (nSPS) is 19.5. The van der Waals surface area contributed by atoms with E-state index in [0.717, 1.165) is 28.4 Å². The number of aryl methyl sites for hydroxylation is 1. The summed E-state index contributed by atoms with van der Waals surface area (Å²) < 4.78 is 25.6. The van der Waals surface area contributed by atoms with E-state index in [0.29, 0.717) is 58.9 Å². The van der Waals surface area contributed by atoms with E-state index in [1.54, 1.807) is 24.3 Å². The maximum atomic E-state index is 13.3. The minimum atomic E-state index is -1.96. The van der Waals surface area contributed by atoms with Crippen molar-refractivity contribution in [2.45, 2.75) is 19.1 Å². The first-order chi connectivity index (χ1) is 16.5. The van der Waals surface area contributed by atoms with E-state index in [1.807, 2.05) is 43.3 Å². The van der Waals surface area contributed by atoms with Gasteiger partial charge in [-0.25, -0.2) is 4.79 Å². The van der Waals surface area contributed by atoms with Gasteiger partial charge in [-0.05, 0) is 48.4 Å². The summed E-state index contributed by atoms with van der Waals surface area (Å²) in [6.45, 7) is 2.88. The summed E-state index contributed by atoms with van der Waals surface area (Å²) in [4.78, 5) is 13.3. The highest BCUT2D eigenvalue weighted by Crippen LogP contribution is 2.46. The minimum absolute atomic E-state index is 0.319. The third kappa shape index (κ3) is 3.43. The van der Waals surface area contributed by atoms with Crippen molar-refractivity contribution in [3.05, 3.63) is 88.5 Å². The second kappa shape index (κ2) is 7.93. The van der Waals surface area contributed by atoms with Crippen LogP contribution in [0.1, 0.15) is 22.3 Å². The maximum Gasteiger partial charge on any atom is 0.342 e. The summed E-state index contributed by atoms with van der Waals surface area (Å²) >= 11 is 1.11. The minimum Gasteiger partial charge on any atom is -0.486 e. The summed E-state index contributed by atoms with van der Waals surface area (Å²) in [5.41, 5.74) is 5.33. The van der Waals surface area contributed by atoms with E-state index in [2.05, 4.69) is 8.75 Å². The van der Waals surface area contributed by atoms with Crippen LogP contribution in [0.2, 0.25) is 0 Å². The largest absolute Gasteiger partial charge is 0.486 e. The number of esters is 1. The van der Waals surface area contributed by atoms with Crippen molar-refractivity contribution in [1.82, 2.24) is 8.75 Å². The number of nitrogens with zero attached hydrogens (tertiary/aromatic N) is 2. The molecule has 2 aliphatic heterocycles. The number of carbonyl (C=O) groups is 1. The SMILES string of the molecule is Cc1ccc(CC2=C(c3ccc4nsnc4c3)C(=O)OC2(O)c2ccc3c(c2)OCCO3)cc1. The lowest BCUT2D eigenvalue weighted by atomic mass is 9.87. The Labute approximate surface area is 199 Å². The lowest BCUT2D eigenvalue weighted by Gasteiger charge is -2.27. The van der Waals surface area contributed by atoms with Crippen molar-refractivity contribution >= 4 is 34.3 Å². The Balaban J connectivity index is 1.53. The molecule has 0 saturated heterocycles. The molecule has 8 heteroatoms. The van der Waals surface area contributed by atoms with Gasteiger partial charge in [-0.15, -0.1) is 0 Å². The van der Waals surface area contributed by atoms with Gasteiger partial charge in [0.2, 0.25) is 0 Å². The second-order valence-corrected chi connectivity index (χ2v) is 8.90. The number of cyclic esters (lactones) is 1. The van der Waals surface area contributed by atoms with Crippen molar-refractivity contribution in [2.24, 2.45) is 0 Å². The summed E-state index contributed by atoms with van der Waals surface area (Å²) in [6, 6.07) is 18.5. The molecule has 170 valence electrons. The zero-order valence-electron chi connectivity index (χ0n) is 18.3. The van der Waals surface area contributed by atoms with Gasteiger partial charge in [0.25, 0.3) is 5.79 Å². The summed E-state index contributed by atoms with van der Waals surface area (Å²) in [6.07, 6.45) is 0.319. The number of ether oxygens (including phenoxy) is 3. The first-order valence-corrected chi connectivity index (χ1v) is 11.6. The fraction of sp³-hybridized carbons (Fsp3) is 0.192. The number of benzene rings is 3. The highest BCUT2D eigenvalue weighted by Gasteiger charge is 2.48. The van der Waals surface area contributed by atoms with Crippen LogP contribution >= 0.6 is 11.7 Å². The first kappa shape index (κ1) is 20.8. The predicted octanol–water partition coefficient (Wildman–Crippen LogP) is 4.17. The Morgan fingerprint density at radius 1 is 0.941 bits per heavy atom. The molecule has 0 saturated carbocycles. The van der Waals surface area contributed by atoms with Crippen LogP contribution in [0.15, 0.2) is 66.2 Å². The Hall–Kier alpha value is -3.75. The molecule has 34 heavy (non-hydrogen) atoms. The van der Waals surface area contributed by atoms with Gasteiger partial charge >= 0.3 is 5.97 Å². The van der Waals surface area contributed by atoms with Gasteiger partial charge in [0, 0.05) is 17.6 Å². The van der Waals surface area contributed by atoms with Crippen LogP contribution in [0.25, 0.3) is 16.6 Å². The number of aromatic nitrogens is 2. The summed E-state index contributed by atoms with van der Waals surface area (Å²) in [5, 5.41) is 11.9. The molecule has 1 atom stereocenters. The second-order valence-electron chi connectivity index (χ2n) is 8.38. The molecule has 7 nitrogen and oxygen atoms in total. The average Bonchev–Trinajstić information content (AvgIpc) is 3.42. The van der Waals surface area contributed by atoms with E-state index in [9.17, 15) is 9.90 Å². The number of rotatable bonds is 4. The van der Waals surface area contributed by atoms with Crippen molar-refractivity contribution in [2.75, 3.05) is 13.2 Å². The van der Waals surface area contributed by atoms with Gasteiger partial charge in [-0.2, -0.15) is 8.75 Å². The molecule has 3 heterocycles. The molecule has 0 radical (unpaired) electrons. The molecule has 0 amide bonds. The Kier molecular flexibility index (Phi) is 4.86. The standard InChI is InChI=1S/C26H20N2O5S/c1-15-2-4-16(5-3-15)12-19-24(17-6-8-20-21(13-17)28-34-27-20)25(29)33-26(19,30)18-7-9-22-23(14-18)32-11-10-31-22/h2-9,13-14,30H,10-12H2,1H3. The van der Waals surface area contributed by atoms with E-state index >= 15 is 0 Å². The monoisotopic (exact) mass is 472 g/mol. The third-order valence-corrected chi connectivity index (χ3v) is 6.69. The maximum absolute atomic E-state index is 13.3. The van der Waals surface area contributed by atoms with Gasteiger partial charge < -0.3 is 19.3 Å². The highest BCUT2D eigenvalue weighted by atomic mass is 32.1. The van der Waals surface area contributed by atoms with Crippen LogP contribution < -0.4 is 9.47 Å². The van der Waals surface area contributed by atoms with Gasteiger partial charge in [0.05, 0.1) is 17.3 Å². The lowest BCUT2D eigenvalue weighted by molar-refractivity contribution is -0.185. The van der Waals surface area contributed by atoms with Gasteiger partial charge in [-0.1, -0.05) is 35.9 Å². The molecule has 0 aliphatic carbocycles. The molecule has 3 aromatic carbocycles. The van der Waals surface area contributed by atoms with Crippen LogP contribution in [0, 0.1) is 6.92 Å². The summed E-state index contributed by atoms with van der Waals surface area (Å²) in [5.74, 6) is -1.45. The fourth-order valence-electron chi connectivity index (χ4n) is 4.37. The summed E-state index contributed by atoms with van der Waals surface area (Å²) in [7, 11) is 0. The van der Waals surface area contributed by atoms with Gasteiger partial charge in [0.1, 0.15) is 24.2 Å². The molecular weight excluding hydrogens is 452 g/mol. The van der Waals surface area contributed by atoms with Crippen LogP contribution in [0.3, 0.4) is 0 Å². The molecule has 1 unspecified atom stereocenters. The van der Waals surface area contributed by atoms with Crippen molar-refractivity contribution < 1.29 is 24.1 Å². The molecule has 1 aromatic heterocycles. The quantitative estimate of drug-likeness (QED) is 0.446. The Bertz CT molecular complexity index is 1460. The third-order valence-electron chi connectivity index (χ3n) is 6.13. The molecule has 0 spiro atoms. The predicted molar refractivity (Wildman–Crippen MR) is 127 cm³/mol. The van der Waals surface area contributed by atoms with E-state index in [1.165, 1.54) is 0 Å². The fourth-order valence-corrected chi connectivity index (χ4v) is 4.89. The number of hydrogen-bond donors (Lipinski definition) is 1. The molecule has 0 fully saturated rings. The van der Waals surface area contributed by atoms with Gasteiger partial charge in [0.15, 0.2) is 11.5 Å². The first-order valence-electron chi connectivity index (χ1n) is 10.9.